The van der Waals surface area contributed by atoms with Gasteiger partial charge in [0.25, 0.3) is 5.95 Å². The average Bonchev–Trinajstić information content (AvgIpc) is 2.25. The molecular formula is C10H13F3N2S. The Morgan fingerprint density at radius 1 is 1.38 bits per heavy atom. The summed E-state index contributed by atoms with van der Waals surface area (Å²) in [5, 5.41) is 3.06. The van der Waals surface area contributed by atoms with E-state index in [0.717, 1.165) is 6.42 Å². The number of hydrogen-bond donors (Lipinski definition) is 1. The standard InChI is InChI=1S/C10H13F3N2S/c1-6(16-2)3-4-14-10-8(12)5-7(11)9(13)15-10/h5-6H,3-4H2,1-2H3,(H,14,15). The molecule has 0 aliphatic heterocycles. The molecule has 0 aliphatic carbocycles. The predicted octanol–water partition coefficient (Wildman–Crippen LogP) is 3.05. The monoisotopic (exact) mass is 250 g/mol. The summed E-state index contributed by atoms with van der Waals surface area (Å²) in [6, 6.07) is 0.489. The maximum absolute atomic E-state index is 13.1. The van der Waals surface area contributed by atoms with E-state index in [9.17, 15) is 13.2 Å². The molecule has 16 heavy (non-hydrogen) atoms. The molecule has 6 heteroatoms. The lowest BCUT2D eigenvalue weighted by atomic mass is 10.3. The van der Waals surface area contributed by atoms with Gasteiger partial charge in [-0.15, -0.1) is 0 Å². The van der Waals surface area contributed by atoms with Crippen molar-refractivity contribution < 1.29 is 13.2 Å². The van der Waals surface area contributed by atoms with Crippen LogP contribution in [0.2, 0.25) is 0 Å². The van der Waals surface area contributed by atoms with Crippen LogP contribution in [0, 0.1) is 17.6 Å². The van der Waals surface area contributed by atoms with Gasteiger partial charge in [-0.05, 0) is 12.7 Å². The Balaban J connectivity index is 2.57. The first-order chi connectivity index (χ1) is 7.54. The van der Waals surface area contributed by atoms with Crippen molar-refractivity contribution in [3.8, 4) is 0 Å². The maximum Gasteiger partial charge on any atom is 0.251 e. The van der Waals surface area contributed by atoms with Gasteiger partial charge in [0.05, 0.1) is 0 Å². The number of anilines is 1. The summed E-state index contributed by atoms with van der Waals surface area (Å²) in [6.45, 7) is 2.50. The number of nitrogens with zero attached hydrogens (tertiary/aromatic N) is 1. The molecule has 1 aromatic rings. The van der Waals surface area contributed by atoms with Crippen LogP contribution in [-0.2, 0) is 0 Å². The van der Waals surface area contributed by atoms with Crippen molar-refractivity contribution in [3.05, 3.63) is 23.6 Å². The number of halogens is 3. The quantitative estimate of drug-likeness (QED) is 0.813. The molecule has 1 heterocycles. The third kappa shape index (κ3) is 3.59. The zero-order valence-corrected chi connectivity index (χ0v) is 9.87. The van der Waals surface area contributed by atoms with Crippen molar-refractivity contribution in [2.75, 3.05) is 18.1 Å². The van der Waals surface area contributed by atoms with Crippen LogP contribution in [0.25, 0.3) is 0 Å². The Morgan fingerprint density at radius 2 is 2.06 bits per heavy atom. The van der Waals surface area contributed by atoms with Gasteiger partial charge in [-0.3, -0.25) is 0 Å². The highest BCUT2D eigenvalue weighted by Crippen LogP contribution is 2.15. The number of rotatable bonds is 5. The van der Waals surface area contributed by atoms with Gasteiger partial charge in [0.2, 0.25) is 0 Å². The fourth-order valence-electron chi connectivity index (χ4n) is 1.08. The van der Waals surface area contributed by atoms with E-state index in [1.165, 1.54) is 0 Å². The number of nitrogens with one attached hydrogen (secondary N) is 1. The molecular weight excluding hydrogens is 237 g/mol. The van der Waals surface area contributed by atoms with Crippen LogP contribution in [0.15, 0.2) is 6.07 Å². The second-order valence-electron chi connectivity index (χ2n) is 3.35. The molecule has 2 nitrogen and oxygen atoms in total. The molecule has 0 aliphatic rings. The smallest absolute Gasteiger partial charge is 0.251 e. The van der Waals surface area contributed by atoms with Gasteiger partial charge in [0.1, 0.15) is 0 Å². The highest BCUT2D eigenvalue weighted by molar-refractivity contribution is 7.99. The lowest BCUT2D eigenvalue weighted by Crippen LogP contribution is -2.11. The number of aromatic nitrogens is 1. The molecule has 0 radical (unpaired) electrons. The van der Waals surface area contributed by atoms with Gasteiger partial charge in [-0.2, -0.15) is 21.1 Å². The summed E-state index contributed by atoms with van der Waals surface area (Å²) in [7, 11) is 0. The Bertz CT molecular complexity index is 360. The van der Waals surface area contributed by atoms with Gasteiger partial charge in [-0.1, -0.05) is 6.92 Å². The van der Waals surface area contributed by atoms with Crippen LogP contribution in [-0.4, -0.2) is 23.0 Å². The van der Waals surface area contributed by atoms with Crippen molar-refractivity contribution in [2.45, 2.75) is 18.6 Å². The predicted molar refractivity (Wildman–Crippen MR) is 60.2 cm³/mol. The summed E-state index contributed by atoms with van der Waals surface area (Å²) in [5.41, 5.74) is 0. The summed E-state index contributed by atoms with van der Waals surface area (Å²) >= 11 is 1.68. The summed E-state index contributed by atoms with van der Waals surface area (Å²) in [4.78, 5) is 3.16. The molecule has 1 unspecified atom stereocenters. The van der Waals surface area contributed by atoms with Crippen LogP contribution < -0.4 is 5.32 Å². The van der Waals surface area contributed by atoms with E-state index in [2.05, 4.69) is 10.3 Å². The van der Waals surface area contributed by atoms with E-state index in [-0.39, 0.29) is 5.82 Å². The molecule has 0 aromatic carbocycles. The molecule has 1 atom stereocenters. The molecule has 0 fully saturated rings. The Hall–Kier alpha value is -0.910. The van der Waals surface area contributed by atoms with Gasteiger partial charge in [-0.25, -0.2) is 8.78 Å². The zero-order chi connectivity index (χ0) is 12.1. The summed E-state index contributed by atoms with van der Waals surface area (Å²) < 4.78 is 38.4. The maximum atomic E-state index is 13.1. The molecule has 90 valence electrons. The second-order valence-corrected chi connectivity index (χ2v) is 4.63. The van der Waals surface area contributed by atoms with Crippen molar-refractivity contribution in [1.29, 1.82) is 0 Å². The minimum absolute atomic E-state index is 0.243. The van der Waals surface area contributed by atoms with Crippen molar-refractivity contribution in [1.82, 2.24) is 4.98 Å². The van der Waals surface area contributed by atoms with Crippen LogP contribution in [0.4, 0.5) is 19.0 Å². The molecule has 1 N–H and O–H groups in total. The van der Waals surface area contributed by atoms with Gasteiger partial charge in [0.15, 0.2) is 17.5 Å². The number of hydrogen-bond acceptors (Lipinski definition) is 3. The second kappa shape index (κ2) is 5.98. The normalized spacial score (nSPS) is 12.6. The fourth-order valence-corrected chi connectivity index (χ4v) is 1.43. The van der Waals surface area contributed by atoms with Gasteiger partial charge < -0.3 is 5.32 Å². The lowest BCUT2D eigenvalue weighted by Gasteiger charge is -2.10. The van der Waals surface area contributed by atoms with Crippen molar-refractivity contribution in [2.24, 2.45) is 0 Å². The third-order valence-electron chi connectivity index (χ3n) is 2.13. The Kier molecular flexibility index (Phi) is 4.92. The van der Waals surface area contributed by atoms with E-state index in [0.29, 0.717) is 17.9 Å². The van der Waals surface area contributed by atoms with E-state index < -0.39 is 17.6 Å². The number of pyridine rings is 1. The van der Waals surface area contributed by atoms with Crippen LogP contribution in [0.5, 0.6) is 0 Å². The van der Waals surface area contributed by atoms with E-state index in [1.807, 2.05) is 13.2 Å². The number of thioether (sulfide) groups is 1. The topological polar surface area (TPSA) is 24.9 Å². The van der Waals surface area contributed by atoms with Crippen molar-refractivity contribution >= 4 is 17.6 Å². The molecule has 0 saturated heterocycles. The molecule has 0 saturated carbocycles. The molecule has 1 rings (SSSR count). The molecule has 1 aromatic heterocycles. The van der Waals surface area contributed by atoms with Crippen molar-refractivity contribution in [3.63, 3.8) is 0 Å². The minimum atomic E-state index is -1.29. The van der Waals surface area contributed by atoms with Gasteiger partial charge >= 0.3 is 0 Å². The lowest BCUT2D eigenvalue weighted by molar-refractivity contribution is 0.466. The molecule has 0 bridgehead atoms. The average molecular weight is 250 g/mol. The first-order valence-corrected chi connectivity index (χ1v) is 6.11. The third-order valence-corrected chi connectivity index (χ3v) is 3.17. The zero-order valence-electron chi connectivity index (χ0n) is 9.06. The van der Waals surface area contributed by atoms with Crippen LogP contribution in [0.1, 0.15) is 13.3 Å². The van der Waals surface area contributed by atoms with Gasteiger partial charge in [0, 0.05) is 17.9 Å². The molecule has 0 amide bonds. The highest BCUT2D eigenvalue weighted by atomic mass is 32.2. The SMILES string of the molecule is CSC(C)CCNc1nc(F)c(F)cc1F. The van der Waals surface area contributed by atoms with Crippen LogP contribution in [0.3, 0.4) is 0 Å². The Morgan fingerprint density at radius 3 is 2.69 bits per heavy atom. The summed E-state index contributed by atoms with van der Waals surface area (Å²) in [5.74, 6) is -3.69. The first kappa shape index (κ1) is 13.2. The first-order valence-electron chi connectivity index (χ1n) is 4.82. The Labute approximate surface area is 96.6 Å². The fraction of sp³-hybridized carbons (Fsp3) is 0.500. The van der Waals surface area contributed by atoms with E-state index in [1.54, 1.807) is 11.8 Å². The summed E-state index contributed by atoms with van der Waals surface area (Å²) in [6.07, 6.45) is 2.77. The van der Waals surface area contributed by atoms with Crippen LogP contribution >= 0.6 is 11.8 Å². The largest absolute Gasteiger partial charge is 0.368 e. The highest BCUT2D eigenvalue weighted by Gasteiger charge is 2.11. The minimum Gasteiger partial charge on any atom is -0.368 e. The van der Waals surface area contributed by atoms with E-state index >= 15 is 0 Å². The van der Waals surface area contributed by atoms with E-state index in [4.69, 9.17) is 0 Å². The molecule has 0 spiro atoms.